The standard InChI is InChI=1S/C18H16BrClN4O2S2/c1-11(25)21-8-7-17-22-23-18(24(17)13-4-2-3-12(20)9-13)27-10-14(26)15-5-6-16(19)28-15/h2-6,9H,7-8,10H2,1H3,(H,21,25). The molecule has 146 valence electrons. The van der Waals surface area contributed by atoms with E-state index in [-0.39, 0.29) is 17.4 Å². The summed E-state index contributed by atoms with van der Waals surface area (Å²) in [4.78, 5) is 24.3. The summed E-state index contributed by atoms with van der Waals surface area (Å²) in [6.07, 6.45) is 0.505. The number of carbonyl (C=O) groups excluding carboxylic acids is 2. The van der Waals surface area contributed by atoms with Crippen molar-refractivity contribution in [2.45, 2.75) is 18.5 Å². The van der Waals surface area contributed by atoms with Gasteiger partial charge in [0.1, 0.15) is 5.82 Å². The minimum atomic E-state index is -0.101. The number of Topliss-reactive ketones (excluding diaryl/α,β-unsaturated/α-hetero) is 1. The lowest BCUT2D eigenvalue weighted by Crippen LogP contribution is -2.23. The smallest absolute Gasteiger partial charge is 0.216 e. The fourth-order valence-electron chi connectivity index (χ4n) is 2.45. The van der Waals surface area contributed by atoms with Gasteiger partial charge in [0.25, 0.3) is 0 Å². The van der Waals surface area contributed by atoms with Gasteiger partial charge in [0.15, 0.2) is 10.9 Å². The number of hydrogen-bond acceptors (Lipinski definition) is 6. The fraction of sp³-hybridized carbons (Fsp3) is 0.222. The maximum absolute atomic E-state index is 12.4. The average Bonchev–Trinajstić information content (AvgIpc) is 3.26. The zero-order valence-electron chi connectivity index (χ0n) is 14.8. The van der Waals surface area contributed by atoms with Gasteiger partial charge in [-0.1, -0.05) is 29.4 Å². The van der Waals surface area contributed by atoms with Gasteiger partial charge in [-0.25, -0.2) is 0 Å². The van der Waals surface area contributed by atoms with Crippen LogP contribution in [-0.4, -0.2) is 38.8 Å². The van der Waals surface area contributed by atoms with E-state index in [1.807, 2.05) is 28.8 Å². The first-order chi connectivity index (χ1) is 13.4. The van der Waals surface area contributed by atoms with Crippen LogP contribution in [0.3, 0.4) is 0 Å². The zero-order valence-corrected chi connectivity index (χ0v) is 18.8. The van der Waals surface area contributed by atoms with E-state index in [4.69, 9.17) is 11.6 Å². The van der Waals surface area contributed by atoms with E-state index < -0.39 is 0 Å². The van der Waals surface area contributed by atoms with Gasteiger partial charge in [-0.15, -0.1) is 21.5 Å². The highest BCUT2D eigenvalue weighted by atomic mass is 79.9. The molecule has 0 unspecified atom stereocenters. The van der Waals surface area contributed by atoms with E-state index in [9.17, 15) is 9.59 Å². The van der Waals surface area contributed by atoms with Crippen LogP contribution in [0.4, 0.5) is 0 Å². The van der Waals surface area contributed by atoms with Crippen LogP contribution in [0.15, 0.2) is 45.3 Å². The molecule has 1 amide bonds. The van der Waals surface area contributed by atoms with Crippen molar-refractivity contribution in [2.75, 3.05) is 12.3 Å². The van der Waals surface area contributed by atoms with Crippen molar-refractivity contribution in [3.63, 3.8) is 0 Å². The number of halogens is 2. The SMILES string of the molecule is CC(=O)NCCc1nnc(SCC(=O)c2ccc(Br)s2)n1-c1cccc(Cl)c1. The number of aromatic nitrogens is 3. The molecule has 1 N–H and O–H groups in total. The van der Waals surface area contributed by atoms with E-state index in [0.717, 1.165) is 9.47 Å². The second kappa shape index (κ2) is 9.69. The Balaban J connectivity index is 1.82. The van der Waals surface area contributed by atoms with Gasteiger partial charge in [-0.2, -0.15) is 0 Å². The van der Waals surface area contributed by atoms with Crippen LogP contribution >= 0.6 is 50.6 Å². The van der Waals surface area contributed by atoms with Crippen LogP contribution in [0.1, 0.15) is 22.4 Å². The Kier molecular flexibility index (Phi) is 7.28. The van der Waals surface area contributed by atoms with E-state index in [1.54, 1.807) is 12.1 Å². The third-order valence-electron chi connectivity index (χ3n) is 3.67. The van der Waals surface area contributed by atoms with Crippen molar-refractivity contribution in [3.05, 3.63) is 55.9 Å². The van der Waals surface area contributed by atoms with Crippen molar-refractivity contribution in [2.24, 2.45) is 0 Å². The van der Waals surface area contributed by atoms with Crippen LogP contribution in [0.5, 0.6) is 0 Å². The molecule has 0 saturated carbocycles. The first kappa shape index (κ1) is 21.0. The Morgan fingerprint density at radius 3 is 2.79 bits per heavy atom. The van der Waals surface area contributed by atoms with Crippen molar-refractivity contribution in [3.8, 4) is 5.69 Å². The number of hydrogen-bond donors (Lipinski definition) is 1. The molecule has 0 aliphatic heterocycles. The van der Waals surface area contributed by atoms with Crippen LogP contribution in [-0.2, 0) is 11.2 Å². The molecular formula is C18H16BrClN4O2S2. The summed E-state index contributed by atoms with van der Waals surface area (Å²) in [7, 11) is 0. The number of thiophene rings is 1. The molecule has 0 spiro atoms. The predicted molar refractivity (Wildman–Crippen MR) is 116 cm³/mol. The molecular weight excluding hydrogens is 484 g/mol. The zero-order chi connectivity index (χ0) is 20.1. The molecule has 0 atom stereocenters. The van der Waals surface area contributed by atoms with Crippen molar-refractivity contribution in [1.29, 1.82) is 0 Å². The summed E-state index contributed by atoms with van der Waals surface area (Å²) in [5.41, 5.74) is 0.809. The van der Waals surface area contributed by atoms with Crippen molar-refractivity contribution in [1.82, 2.24) is 20.1 Å². The van der Waals surface area contributed by atoms with E-state index >= 15 is 0 Å². The summed E-state index contributed by atoms with van der Waals surface area (Å²) in [6, 6.07) is 11.0. The highest BCUT2D eigenvalue weighted by Gasteiger charge is 2.17. The molecule has 2 aromatic heterocycles. The van der Waals surface area contributed by atoms with Crippen molar-refractivity contribution < 1.29 is 9.59 Å². The van der Waals surface area contributed by atoms with Gasteiger partial charge < -0.3 is 5.32 Å². The third-order valence-corrected chi connectivity index (χ3v) is 6.50. The van der Waals surface area contributed by atoms with E-state index in [0.29, 0.717) is 33.8 Å². The van der Waals surface area contributed by atoms with Crippen molar-refractivity contribution >= 4 is 62.3 Å². The number of rotatable bonds is 8. The number of benzene rings is 1. The van der Waals surface area contributed by atoms with Gasteiger partial charge >= 0.3 is 0 Å². The lowest BCUT2D eigenvalue weighted by Gasteiger charge is -2.10. The maximum atomic E-state index is 12.4. The van der Waals surface area contributed by atoms with Crippen LogP contribution in [0.25, 0.3) is 5.69 Å². The lowest BCUT2D eigenvalue weighted by molar-refractivity contribution is -0.118. The average molecular weight is 500 g/mol. The molecule has 0 radical (unpaired) electrons. The minimum Gasteiger partial charge on any atom is -0.356 e. The van der Waals surface area contributed by atoms with Gasteiger partial charge in [-0.05, 0) is 46.3 Å². The topological polar surface area (TPSA) is 76.9 Å². The van der Waals surface area contributed by atoms with Gasteiger partial charge in [0.2, 0.25) is 5.91 Å². The summed E-state index contributed by atoms with van der Waals surface area (Å²) < 4.78 is 2.79. The molecule has 1 aromatic carbocycles. The fourth-order valence-corrected chi connectivity index (χ4v) is 4.90. The highest BCUT2D eigenvalue weighted by molar-refractivity contribution is 9.11. The van der Waals surface area contributed by atoms with Crippen LogP contribution in [0.2, 0.25) is 5.02 Å². The summed E-state index contributed by atoms with van der Waals surface area (Å²) in [6.45, 7) is 1.92. The Morgan fingerprint density at radius 1 is 1.29 bits per heavy atom. The van der Waals surface area contributed by atoms with Crippen LogP contribution < -0.4 is 5.32 Å². The Hall–Kier alpha value is -1.68. The molecule has 28 heavy (non-hydrogen) atoms. The Morgan fingerprint density at radius 2 is 2.11 bits per heavy atom. The molecule has 0 fully saturated rings. The number of ketones is 1. The molecule has 6 nitrogen and oxygen atoms in total. The van der Waals surface area contributed by atoms with Gasteiger partial charge in [0.05, 0.1) is 20.1 Å². The number of amides is 1. The maximum Gasteiger partial charge on any atom is 0.216 e. The van der Waals surface area contributed by atoms with Gasteiger partial charge in [-0.3, -0.25) is 14.2 Å². The Labute approximate surface area is 183 Å². The Bertz CT molecular complexity index is 1010. The summed E-state index contributed by atoms with van der Waals surface area (Å²) in [5, 5.41) is 12.5. The molecule has 0 saturated heterocycles. The molecule has 2 heterocycles. The second-order valence-corrected chi connectivity index (χ2v) is 9.60. The summed E-state index contributed by atoms with van der Waals surface area (Å²) in [5.74, 6) is 0.860. The number of nitrogens with one attached hydrogen (secondary N) is 1. The highest BCUT2D eigenvalue weighted by Crippen LogP contribution is 2.27. The van der Waals surface area contributed by atoms with E-state index in [2.05, 4.69) is 31.4 Å². The molecule has 0 bridgehead atoms. The second-order valence-electron chi connectivity index (χ2n) is 5.76. The first-order valence-electron chi connectivity index (χ1n) is 8.30. The monoisotopic (exact) mass is 498 g/mol. The van der Waals surface area contributed by atoms with E-state index in [1.165, 1.54) is 30.0 Å². The molecule has 10 heteroatoms. The number of carbonyl (C=O) groups is 2. The summed E-state index contributed by atoms with van der Waals surface area (Å²) >= 11 is 12.2. The van der Waals surface area contributed by atoms with Crippen LogP contribution in [0, 0.1) is 0 Å². The lowest BCUT2D eigenvalue weighted by atomic mass is 10.3. The first-order valence-corrected chi connectivity index (χ1v) is 11.3. The third kappa shape index (κ3) is 5.44. The largest absolute Gasteiger partial charge is 0.356 e. The molecule has 0 aliphatic carbocycles. The molecule has 0 aliphatic rings. The molecule has 3 aromatic rings. The molecule has 3 rings (SSSR count). The number of thioether (sulfide) groups is 1. The number of nitrogens with zero attached hydrogens (tertiary/aromatic N) is 3. The normalized spacial score (nSPS) is 10.8. The minimum absolute atomic E-state index is 0.0288. The quantitative estimate of drug-likeness (QED) is 0.367. The van der Waals surface area contributed by atoms with Gasteiger partial charge in [0, 0.05) is 24.9 Å². The predicted octanol–water partition coefficient (Wildman–Crippen LogP) is 4.40.